The molecule has 0 aliphatic carbocycles. The van der Waals surface area contributed by atoms with Gasteiger partial charge >= 0.3 is 5.97 Å². The van der Waals surface area contributed by atoms with Crippen LogP contribution in [0.2, 0.25) is 0 Å². The van der Waals surface area contributed by atoms with Crippen LogP contribution in [0.15, 0.2) is 53.4 Å². The molecule has 24 heavy (non-hydrogen) atoms. The Morgan fingerprint density at radius 1 is 1.04 bits per heavy atom. The molecule has 2 rings (SSSR count). The van der Waals surface area contributed by atoms with Crippen LogP contribution in [-0.2, 0) is 14.6 Å². The summed E-state index contributed by atoms with van der Waals surface area (Å²) in [6, 6.07) is 13.6. The van der Waals surface area contributed by atoms with Crippen molar-refractivity contribution in [2.24, 2.45) is 0 Å². The molecule has 0 atom stereocenters. The molecule has 0 radical (unpaired) electrons. The SMILES string of the molecule is CCS(=O)(=O)c1ccccc1C(=O)OCCOc1cccc(C)c1. The first-order chi connectivity index (χ1) is 11.4. The number of ether oxygens (including phenoxy) is 2. The number of benzene rings is 2. The van der Waals surface area contributed by atoms with Crippen molar-refractivity contribution in [2.75, 3.05) is 19.0 Å². The van der Waals surface area contributed by atoms with E-state index in [1.54, 1.807) is 12.1 Å². The van der Waals surface area contributed by atoms with Crippen molar-refractivity contribution in [3.05, 3.63) is 59.7 Å². The zero-order valence-electron chi connectivity index (χ0n) is 13.7. The van der Waals surface area contributed by atoms with Crippen LogP contribution in [0.25, 0.3) is 0 Å². The van der Waals surface area contributed by atoms with Crippen LogP contribution in [0.1, 0.15) is 22.8 Å². The molecule has 0 aromatic heterocycles. The number of esters is 1. The quantitative estimate of drug-likeness (QED) is 0.568. The molecule has 0 unspecified atom stereocenters. The highest BCUT2D eigenvalue weighted by atomic mass is 32.2. The summed E-state index contributed by atoms with van der Waals surface area (Å²) in [6.45, 7) is 3.72. The van der Waals surface area contributed by atoms with E-state index in [1.807, 2.05) is 31.2 Å². The van der Waals surface area contributed by atoms with E-state index < -0.39 is 15.8 Å². The predicted molar refractivity (Wildman–Crippen MR) is 91.1 cm³/mol. The third kappa shape index (κ3) is 4.58. The normalized spacial score (nSPS) is 11.1. The minimum Gasteiger partial charge on any atom is -0.490 e. The minimum atomic E-state index is -3.48. The van der Waals surface area contributed by atoms with E-state index in [9.17, 15) is 13.2 Å². The summed E-state index contributed by atoms with van der Waals surface area (Å²) >= 11 is 0. The smallest absolute Gasteiger partial charge is 0.339 e. The van der Waals surface area contributed by atoms with Crippen LogP contribution < -0.4 is 4.74 Å². The Morgan fingerprint density at radius 3 is 2.50 bits per heavy atom. The molecule has 0 heterocycles. The third-order valence-corrected chi connectivity index (χ3v) is 5.18. The van der Waals surface area contributed by atoms with Crippen molar-refractivity contribution in [3.8, 4) is 5.75 Å². The maximum Gasteiger partial charge on any atom is 0.339 e. The largest absolute Gasteiger partial charge is 0.490 e. The van der Waals surface area contributed by atoms with E-state index in [0.29, 0.717) is 5.75 Å². The van der Waals surface area contributed by atoms with Gasteiger partial charge in [-0.15, -0.1) is 0 Å². The highest BCUT2D eigenvalue weighted by molar-refractivity contribution is 7.91. The lowest BCUT2D eigenvalue weighted by atomic mass is 10.2. The molecule has 2 aromatic rings. The first kappa shape index (κ1) is 18.0. The summed E-state index contributed by atoms with van der Waals surface area (Å²) in [7, 11) is -3.48. The molecule has 0 saturated heterocycles. The Kier molecular flexibility index (Phi) is 5.98. The molecule has 0 amide bonds. The van der Waals surface area contributed by atoms with Gasteiger partial charge in [-0.3, -0.25) is 0 Å². The van der Waals surface area contributed by atoms with Gasteiger partial charge in [0.15, 0.2) is 9.84 Å². The van der Waals surface area contributed by atoms with Crippen molar-refractivity contribution in [2.45, 2.75) is 18.7 Å². The second kappa shape index (κ2) is 7.97. The minimum absolute atomic E-state index is 0.00268. The van der Waals surface area contributed by atoms with E-state index in [2.05, 4.69) is 0 Å². The monoisotopic (exact) mass is 348 g/mol. The van der Waals surface area contributed by atoms with E-state index in [4.69, 9.17) is 9.47 Å². The maximum absolute atomic E-state index is 12.2. The van der Waals surface area contributed by atoms with Crippen LogP contribution in [0, 0.1) is 6.92 Å². The molecule has 0 aliphatic rings. The Balaban J connectivity index is 1.96. The lowest BCUT2D eigenvalue weighted by Crippen LogP contribution is -2.16. The summed E-state index contributed by atoms with van der Waals surface area (Å²) < 4.78 is 34.7. The lowest BCUT2D eigenvalue weighted by Gasteiger charge is -2.10. The van der Waals surface area contributed by atoms with Crippen molar-refractivity contribution in [3.63, 3.8) is 0 Å². The Morgan fingerprint density at radius 2 is 1.79 bits per heavy atom. The van der Waals surface area contributed by atoms with Gasteiger partial charge in [0.25, 0.3) is 0 Å². The molecule has 0 N–H and O–H groups in total. The number of hydrogen-bond acceptors (Lipinski definition) is 5. The summed E-state index contributed by atoms with van der Waals surface area (Å²) in [5.41, 5.74) is 1.12. The number of sulfone groups is 1. The molecule has 0 spiro atoms. The van der Waals surface area contributed by atoms with Gasteiger partial charge in [0.2, 0.25) is 0 Å². The zero-order chi connectivity index (χ0) is 17.6. The Bertz CT molecular complexity index is 812. The van der Waals surface area contributed by atoms with Crippen molar-refractivity contribution in [1.82, 2.24) is 0 Å². The third-order valence-electron chi connectivity index (χ3n) is 3.40. The summed E-state index contributed by atoms with van der Waals surface area (Å²) in [5.74, 6) is -0.0520. The highest BCUT2D eigenvalue weighted by Crippen LogP contribution is 2.18. The van der Waals surface area contributed by atoms with Crippen molar-refractivity contribution >= 4 is 15.8 Å². The topological polar surface area (TPSA) is 69.7 Å². The number of rotatable bonds is 7. The standard InChI is InChI=1S/C18H20O5S/c1-3-24(20,21)17-10-5-4-9-16(17)18(19)23-12-11-22-15-8-6-7-14(2)13-15/h4-10,13H,3,11-12H2,1-2H3. The summed E-state index contributed by atoms with van der Waals surface area (Å²) in [6.07, 6.45) is 0. The first-order valence-electron chi connectivity index (χ1n) is 7.62. The van der Waals surface area contributed by atoms with Gasteiger partial charge in [0.05, 0.1) is 16.2 Å². The van der Waals surface area contributed by atoms with Crippen molar-refractivity contribution < 1.29 is 22.7 Å². The van der Waals surface area contributed by atoms with Gasteiger partial charge in [-0.1, -0.05) is 31.2 Å². The molecule has 0 bridgehead atoms. The van der Waals surface area contributed by atoms with Crippen molar-refractivity contribution in [1.29, 1.82) is 0 Å². The molecule has 0 aliphatic heterocycles. The second-order valence-electron chi connectivity index (χ2n) is 5.20. The molecular weight excluding hydrogens is 328 g/mol. The van der Waals surface area contributed by atoms with Gasteiger partial charge in [0.1, 0.15) is 19.0 Å². The predicted octanol–water partition coefficient (Wildman–Crippen LogP) is 3.02. The number of hydrogen-bond donors (Lipinski definition) is 0. The Labute approximate surface area is 142 Å². The molecule has 0 fully saturated rings. The van der Waals surface area contributed by atoms with Gasteiger partial charge in [0, 0.05) is 0 Å². The summed E-state index contributed by atoms with van der Waals surface area (Å²) in [5, 5.41) is 0. The van der Waals surface area contributed by atoms with Crippen LogP contribution in [0.5, 0.6) is 5.75 Å². The molecule has 6 heteroatoms. The maximum atomic E-state index is 12.2. The van der Waals surface area contributed by atoms with E-state index >= 15 is 0 Å². The molecule has 5 nitrogen and oxygen atoms in total. The van der Waals surface area contributed by atoms with Gasteiger partial charge < -0.3 is 9.47 Å². The second-order valence-corrected chi connectivity index (χ2v) is 7.45. The lowest BCUT2D eigenvalue weighted by molar-refractivity contribution is 0.0446. The van der Waals surface area contributed by atoms with E-state index in [0.717, 1.165) is 5.56 Å². The highest BCUT2D eigenvalue weighted by Gasteiger charge is 2.21. The van der Waals surface area contributed by atoms with Crippen LogP contribution in [0.4, 0.5) is 0 Å². The van der Waals surface area contributed by atoms with E-state index in [-0.39, 0.29) is 29.4 Å². The average molecular weight is 348 g/mol. The van der Waals surface area contributed by atoms with Gasteiger partial charge in [-0.25, -0.2) is 13.2 Å². The molecular formula is C18H20O5S. The average Bonchev–Trinajstić information content (AvgIpc) is 2.58. The van der Waals surface area contributed by atoms with Crippen LogP contribution in [0.3, 0.4) is 0 Å². The molecule has 0 saturated carbocycles. The fraction of sp³-hybridized carbons (Fsp3) is 0.278. The van der Waals surface area contributed by atoms with E-state index in [1.165, 1.54) is 19.1 Å². The molecule has 2 aromatic carbocycles. The molecule has 128 valence electrons. The van der Waals surface area contributed by atoms with Gasteiger partial charge in [-0.05, 0) is 36.8 Å². The first-order valence-corrected chi connectivity index (χ1v) is 9.27. The van der Waals surface area contributed by atoms with Gasteiger partial charge in [-0.2, -0.15) is 0 Å². The fourth-order valence-electron chi connectivity index (χ4n) is 2.14. The zero-order valence-corrected chi connectivity index (χ0v) is 14.5. The number of aryl methyl sites for hydroxylation is 1. The van der Waals surface area contributed by atoms with Crippen LogP contribution in [-0.4, -0.2) is 33.4 Å². The fourth-order valence-corrected chi connectivity index (χ4v) is 3.22. The van der Waals surface area contributed by atoms with Crippen LogP contribution >= 0.6 is 0 Å². The Hall–Kier alpha value is -2.34. The summed E-state index contributed by atoms with van der Waals surface area (Å²) in [4.78, 5) is 12.1. The number of carbonyl (C=O) groups excluding carboxylic acids is 1. The number of carbonyl (C=O) groups is 1.